The standard InChI is InChI=1S/C24H24FN5O4S2/c1-28(2)36(33)19-12-16(25)4-3-15(19)11-18-13-26-23(35-18)21-22(31)24(32)30-14-17(5-6-20(30)27-21)29-7-9-34-10-8-29/h3-6,12-14,31H,7-11H2,1-2H3. The average molecular weight is 530 g/mol. The molecule has 1 aliphatic rings. The zero-order valence-electron chi connectivity index (χ0n) is 19.7. The minimum absolute atomic E-state index is 0.103. The molecule has 188 valence electrons. The van der Waals surface area contributed by atoms with Crippen LogP contribution in [-0.2, 0) is 22.1 Å². The Labute approximate surface area is 213 Å². The van der Waals surface area contributed by atoms with Crippen LogP contribution in [0.5, 0.6) is 5.75 Å². The Hall–Kier alpha value is -3.19. The van der Waals surface area contributed by atoms with Gasteiger partial charge in [-0.3, -0.25) is 9.20 Å². The lowest BCUT2D eigenvalue weighted by Gasteiger charge is -2.28. The number of morpholine rings is 1. The second-order valence-electron chi connectivity index (χ2n) is 8.45. The zero-order chi connectivity index (χ0) is 25.4. The molecule has 5 rings (SSSR count). The van der Waals surface area contributed by atoms with Crippen LogP contribution in [0, 0.1) is 5.82 Å². The van der Waals surface area contributed by atoms with E-state index >= 15 is 0 Å². The maximum absolute atomic E-state index is 13.8. The largest absolute Gasteiger partial charge is 0.501 e. The van der Waals surface area contributed by atoms with Gasteiger partial charge in [0.25, 0.3) is 0 Å². The highest BCUT2D eigenvalue weighted by atomic mass is 32.2. The van der Waals surface area contributed by atoms with E-state index in [9.17, 15) is 18.5 Å². The van der Waals surface area contributed by atoms with Crippen molar-refractivity contribution in [1.29, 1.82) is 0 Å². The molecule has 9 nitrogen and oxygen atoms in total. The van der Waals surface area contributed by atoms with Gasteiger partial charge in [0.15, 0.2) is 0 Å². The predicted octanol–water partition coefficient (Wildman–Crippen LogP) is 2.67. The van der Waals surface area contributed by atoms with E-state index in [1.54, 1.807) is 38.6 Å². The third-order valence-electron chi connectivity index (χ3n) is 5.83. The molecule has 0 spiro atoms. The maximum atomic E-state index is 13.8. The molecule has 0 radical (unpaired) electrons. The molecule has 4 aromatic rings. The van der Waals surface area contributed by atoms with Crippen LogP contribution < -0.4 is 10.5 Å². The first-order valence-electron chi connectivity index (χ1n) is 11.2. The van der Waals surface area contributed by atoms with Crippen molar-refractivity contribution in [2.24, 2.45) is 0 Å². The third-order valence-corrected chi connectivity index (χ3v) is 8.25. The molecule has 1 N–H and O–H groups in total. The molecule has 36 heavy (non-hydrogen) atoms. The van der Waals surface area contributed by atoms with Crippen molar-refractivity contribution in [2.75, 3.05) is 45.3 Å². The van der Waals surface area contributed by atoms with E-state index in [0.717, 1.165) is 23.7 Å². The molecule has 1 aromatic carbocycles. The first kappa shape index (κ1) is 24.5. The highest BCUT2D eigenvalue weighted by Gasteiger charge is 2.20. The molecule has 1 aliphatic heterocycles. The monoisotopic (exact) mass is 529 g/mol. The molecule has 1 fully saturated rings. The molecule has 3 aromatic heterocycles. The first-order chi connectivity index (χ1) is 17.3. The van der Waals surface area contributed by atoms with Crippen LogP contribution in [0.4, 0.5) is 10.1 Å². The Kier molecular flexibility index (Phi) is 6.84. The second kappa shape index (κ2) is 10.1. The van der Waals surface area contributed by atoms with E-state index in [4.69, 9.17) is 4.74 Å². The number of rotatable bonds is 6. The van der Waals surface area contributed by atoms with Crippen molar-refractivity contribution in [1.82, 2.24) is 18.7 Å². The van der Waals surface area contributed by atoms with Crippen LogP contribution in [-0.4, -0.2) is 68.4 Å². The number of anilines is 1. The summed E-state index contributed by atoms with van der Waals surface area (Å²) < 4.78 is 34.7. The predicted molar refractivity (Wildman–Crippen MR) is 137 cm³/mol. The van der Waals surface area contributed by atoms with E-state index in [0.29, 0.717) is 40.7 Å². The van der Waals surface area contributed by atoms with Gasteiger partial charge >= 0.3 is 5.56 Å². The van der Waals surface area contributed by atoms with Gasteiger partial charge in [-0.05, 0) is 43.9 Å². The van der Waals surface area contributed by atoms with Crippen molar-refractivity contribution in [3.8, 4) is 16.5 Å². The summed E-state index contributed by atoms with van der Waals surface area (Å²) in [4.78, 5) is 25.2. The van der Waals surface area contributed by atoms with Gasteiger partial charge in [0.1, 0.15) is 33.2 Å². The van der Waals surface area contributed by atoms with E-state index in [1.165, 1.54) is 32.2 Å². The summed E-state index contributed by atoms with van der Waals surface area (Å²) in [5, 5.41) is 11.1. The summed E-state index contributed by atoms with van der Waals surface area (Å²) in [5.41, 5.74) is 1.47. The van der Waals surface area contributed by atoms with Crippen molar-refractivity contribution in [3.63, 3.8) is 0 Å². The molecule has 1 atom stereocenters. The molecule has 0 saturated carbocycles. The SMILES string of the molecule is CN(C)S(=O)c1cc(F)ccc1Cc1cnc(-c2nc3ccc(N4CCOCC4)cn3c(=O)c2O)s1. The fraction of sp³-hybridized carbons (Fsp3) is 0.292. The molecule has 1 unspecified atom stereocenters. The Morgan fingerprint density at radius 2 is 2.00 bits per heavy atom. The van der Waals surface area contributed by atoms with Crippen molar-refractivity contribution in [2.45, 2.75) is 11.3 Å². The minimum atomic E-state index is -1.52. The number of fused-ring (bicyclic) bond motifs is 1. The summed E-state index contributed by atoms with van der Waals surface area (Å²) in [7, 11) is 1.80. The fourth-order valence-corrected chi connectivity index (χ4v) is 5.89. The summed E-state index contributed by atoms with van der Waals surface area (Å²) in [5.74, 6) is -0.944. The lowest BCUT2D eigenvalue weighted by molar-refractivity contribution is 0.122. The number of thiazole rings is 1. The third kappa shape index (κ3) is 4.76. The maximum Gasteiger partial charge on any atom is 0.300 e. The van der Waals surface area contributed by atoms with Gasteiger partial charge in [-0.1, -0.05) is 6.07 Å². The smallest absolute Gasteiger partial charge is 0.300 e. The van der Waals surface area contributed by atoms with Crippen LogP contribution in [0.2, 0.25) is 0 Å². The van der Waals surface area contributed by atoms with E-state index in [2.05, 4.69) is 14.9 Å². The summed E-state index contributed by atoms with van der Waals surface area (Å²) >= 11 is 1.26. The van der Waals surface area contributed by atoms with Gasteiger partial charge in [0.05, 0.1) is 23.8 Å². The van der Waals surface area contributed by atoms with Crippen LogP contribution >= 0.6 is 11.3 Å². The van der Waals surface area contributed by atoms with Gasteiger partial charge in [0, 0.05) is 36.8 Å². The highest BCUT2D eigenvalue weighted by molar-refractivity contribution is 7.82. The van der Waals surface area contributed by atoms with Crippen LogP contribution in [0.25, 0.3) is 16.3 Å². The van der Waals surface area contributed by atoms with Crippen molar-refractivity contribution >= 4 is 33.7 Å². The normalized spacial score (nSPS) is 15.1. The second-order valence-corrected chi connectivity index (χ2v) is 11.2. The van der Waals surface area contributed by atoms with Gasteiger partial charge < -0.3 is 14.7 Å². The number of pyridine rings is 1. The number of halogens is 1. The van der Waals surface area contributed by atoms with E-state index < -0.39 is 28.1 Å². The van der Waals surface area contributed by atoms with Crippen LogP contribution in [0.15, 0.2) is 52.4 Å². The highest BCUT2D eigenvalue weighted by Crippen LogP contribution is 2.31. The fourth-order valence-electron chi connectivity index (χ4n) is 4.00. The number of nitrogens with zero attached hydrogens (tertiary/aromatic N) is 5. The number of benzene rings is 1. The molecule has 0 bridgehead atoms. The van der Waals surface area contributed by atoms with Gasteiger partial charge in [-0.15, -0.1) is 11.3 Å². The zero-order valence-corrected chi connectivity index (χ0v) is 21.3. The van der Waals surface area contributed by atoms with Gasteiger partial charge in [0.2, 0.25) is 5.75 Å². The molecule has 12 heteroatoms. The molecule has 4 heterocycles. The summed E-state index contributed by atoms with van der Waals surface area (Å²) in [6.07, 6.45) is 3.66. The molecule has 0 aliphatic carbocycles. The average Bonchev–Trinajstić information content (AvgIpc) is 3.35. The number of aromatic hydroxyl groups is 1. The topological polar surface area (TPSA) is 100 Å². The Morgan fingerprint density at radius 1 is 1.22 bits per heavy atom. The quantitative estimate of drug-likeness (QED) is 0.410. The Bertz CT molecular complexity index is 1510. The Balaban J connectivity index is 1.47. The molecule has 1 saturated heterocycles. The lowest BCUT2D eigenvalue weighted by atomic mass is 10.1. The number of hydrogen-bond donors (Lipinski definition) is 1. The first-order valence-corrected chi connectivity index (χ1v) is 13.1. The van der Waals surface area contributed by atoms with E-state index in [1.807, 2.05) is 6.07 Å². The number of hydrogen-bond acceptors (Lipinski definition) is 8. The number of aromatic nitrogens is 3. The molecular formula is C24H24FN5O4S2. The van der Waals surface area contributed by atoms with Gasteiger partial charge in [-0.2, -0.15) is 0 Å². The lowest BCUT2D eigenvalue weighted by Crippen LogP contribution is -2.36. The number of ether oxygens (including phenoxy) is 1. The molecule has 0 amide bonds. The molecular weight excluding hydrogens is 505 g/mol. The van der Waals surface area contributed by atoms with Gasteiger partial charge in [-0.25, -0.2) is 22.9 Å². The van der Waals surface area contributed by atoms with E-state index in [-0.39, 0.29) is 5.69 Å². The summed E-state index contributed by atoms with van der Waals surface area (Å²) in [6.45, 7) is 2.67. The summed E-state index contributed by atoms with van der Waals surface area (Å²) in [6, 6.07) is 7.84. The van der Waals surface area contributed by atoms with Crippen molar-refractivity contribution < 1.29 is 18.4 Å². The van der Waals surface area contributed by atoms with Crippen LogP contribution in [0.1, 0.15) is 10.4 Å². The minimum Gasteiger partial charge on any atom is -0.501 e. The van der Waals surface area contributed by atoms with Crippen molar-refractivity contribution in [3.05, 3.63) is 69.3 Å². The Morgan fingerprint density at radius 3 is 2.75 bits per heavy atom. The van der Waals surface area contributed by atoms with Crippen LogP contribution in [0.3, 0.4) is 0 Å².